The first-order chi connectivity index (χ1) is 33.4. The number of hydrogen-bond acceptors (Lipinski definition) is 13. The highest BCUT2D eigenvalue weighted by Crippen LogP contribution is 2.39. The number of nitrogens with zero attached hydrogens (tertiary/aromatic N) is 4. The number of thiazole rings is 1. The number of halogens is 7. The molecule has 3 aliphatic heterocycles. The van der Waals surface area contributed by atoms with Crippen LogP contribution in [0, 0.1) is 0 Å². The van der Waals surface area contributed by atoms with E-state index < -0.39 is 24.3 Å². The minimum atomic E-state index is -5.08. The maximum atomic E-state index is 13.3. The van der Waals surface area contributed by atoms with Crippen LogP contribution in [0.15, 0.2) is 35.7 Å². The molecule has 3 aromatic rings. The summed E-state index contributed by atoms with van der Waals surface area (Å²) in [5.74, 6) is -4.95. The number of morpholine rings is 1. The minimum Gasteiger partial charge on any atom is -0.506 e. The molecule has 2 saturated heterocycles. The molecule has 1 aromatic heterocycles. The van der Waals surface area contributed by atoms with Crippen molar-refractivity contribution in [2.24, 2.45) is 0 Å². The number of hydrogen-bond donors (Lipinski definition) is 5. The highest BCUT2D eigenvalue weighted by Gasteiger charge is 2.42. The molecule has 6 rings (SSSR count). The summed E-state index contributed by atoms with van der Waals surface area (Å²) >= 11 is 8.49. The fourth-order valence-corrected chi connectivity index (χ4v) is 8.74. The lowest BCUT2D eigenvalue weighted by Crippen LogP contribution is -2.58. The average molecular weight is 1050 g/mol. The van der Waals surface area contributed by atoms with Crippen molar-refractivity contribution in [3.8, 4) is 11.5 Å². The predicted molar refractivity (Wildman–Crippen MR) is 249 cm³/mol. The van der Waals surface area contributed by atoms with Gasteiger partial charge in [0.2, 0.25) is 5.91 Å². The molecule has 0 aliphatic carbocycles. The summed E-state index contributed by atoms with van der Waals surface area (Å²) in [6.45, 7) is 13.7. The molecular formula is C46H59ClF6N6O11S. The molecule has 0 radical (unpaired) electrons. The molecule has 71 heavy (non-hydrogen) atoms. The molecule has 3 aliphatic rings. The summed E-state index contributed by atoms with van der Waals surface area (Å²) in [7, 11) is 0. The highest BCUT2D eigenvalue weighted by molar-refractivity contribution is 7.09. The number of phenols is 1. The fourth-order valence-electron chi connectivity index (χ4n) is 7.65. The summed E-state index contributed by atoms with van der Waals surface area (Å²) < 4.78 is 81.3. The zero-order valence-corrected chi connectivity index (χ0v) is 41.0. The molecule has 5 N–H and O–H groups in total. The van der Waals surface area contributed by atoms with Gasteiger partial charge in [0, 0.05) is 62.1 Å². The number of phenolic OH excluding ortho intramolecular Hbond substituents is 1. The van der Waals surface area contributed by atoms with Gasteiger partial charge in [-0.05, 0) is 61.4 Å². The van der Waals surface area contributed by atoms with Gasteiger partial charge in [0.15, 0.2) is 12.4 Å². The Morgan fingerprint density at radius 1 is 0.958 bits per heavy atom. The number of anilines is 1. The summed E-state index contributed by atoms with van der Waals surface area (Å²) in [5, 5.41) is 34.0. The number of fused-ring (bicyclic) bond motifs is 1. The van der Waals surface area contributed by atoms with E-state index in [0.29, 0.717) is 101 Å². The molecular weight excluding hydrogens is 994 g/mol. The Bertz CT molecular complexity index is 2250. The van der Waals surface area contributed by atoms with Gasteiger partial charge in [-0.1, -0.05) is 56.6 Å². The predicted octanol–water partition coefficient (Wildman–Crippen LogP) is 6.75. The van der Waals surface area contributed by atoms with Crippen LogP contribution >= 0.6 is 22.9 Å². The molecule has 0 bridgehead atoms. The normalized spacial score (nSPS) is 15.6. The molecule has 0 atom stereocenters. The Balaban J connectivity index is 0.000000683. The van der Waals surface area contributed by atoms with Gasteiger partial charge < -0.3 is 50.0 Å². The van der Waals surface area contributed by atoms with Crippen molar-refractivity contribution in [3.63, 3.8) is 0 Å². The molecule has 2 aromatic carbocycles. The number of amides is 3. The van der Waals surface area contributed by atoms with Gasteiger partial charge in [-0.3, -0.25) is 19.3 Å². The third-order valence-corrected chi connectivity index (χ3v) is 13.0. The molecule has 0 saturated carbocycles. The second-order valence-corrected chi connectivity index (χ2v) is 18.3. The smallest absolute Gasteiger partial charge is 0.490 e. The van der Waals surface area contributed by atoms with Crippen molar-refractivity contribution in [3.05, 3.63) is 68.1 Å². The van der Waals surface area contributed by atoms with Crippen LogP contribution in [0.2, 0.25) is 5.02 Å². The summed E-state index contributed by atoms with van der Waals surface area (Å²) in [4.78, 5) is 66.6. The number of carboxylic acids is 2. The van der Waals surface area contributed by atoms with E-state index in [9.17, 15) is 45.8 Å². The first-order valence-corrected chi connectivity index (χ1v) is 24.0. The zero-order chi connectivity index (χ0) is 52.5. The van der Waals surface area contributed by atoms with Crippen LogP contribution in [0.1, 0.15) is 84.6 Å². The molecule has 394 valence electrons. The molecule has 2 fully saturated rings. The topological polar surface area (TPSA) is 220 Å². The van der Waals surface area contributed by atoms with Crippen LogP contribution in [0.25, 0.3) is 0 Å². The Morgan fingerprint density at radius 3 is 2.24 bits per heavy atom. The number of nitrogens with one attached hydrogen (secondary N) is 2. The van der Waals surface area contributed by atoms with E-state index in [1.807, 2.05) is 27.3 Å². The van der Waals surface area contributed by atoms with E-state index in [2.05, 4.69) is 47.4 Å². The number of carboxylic acid groups (broad SMARTS) is 2. The lowest BCUT2D eigenvalue weighted by molar-refractivity contribution is -0.193. The number of benzene rings is 2. The number of aliphatic carboxylic acids is 2. The van der Waals surface area contributed by atoms with Crippen LogP contribution in [-0.4, -0.2) is 161 Å². The van der Waals surface area contributed by atoms with Gasteiger partial charge in [-0.2, -0.15) is 26.3 Å². The Morgan fingerprint density at radius 2 is 1.62 bits per heavy atom. The van der Waals surface area contributed by atoms with Gasteiger partial charge in [0.1, 0.15) is 17.1 Å². The number of carbonyl (C=O) groups excluding carboxylic acids is 3. The van der Waals surface area contributed by atoms with E-state index in [4.69, 9.17) is 45.6 Å². The SMILES string of the molecule is CCCN(CCNCCc1ccc(O)c2c1OCC(=O)N2)C(=O)CCOCCc1cccc(CN2CCC3(CC2)CN(C(=O)c2csc(C(C)C)n2)CCO3)c1Cl.O=C(O)C(F)(F)F.O=C(O)C(F)(F)F. The summed E-state index contributed by atoms with van der Waals surface area (Å²) in [5.41, 5.74) is 3.54. The minimum absolute atomic E-state index is 0.000895. The second kappa shape index (κ2) is 27.0. The van der Waals surface area contributed by atoms with Crippen LogP contribution in [-0.2, 0) is 48.0 Å². The van der Waals surface area contributed by atoms with E-state index in [1.165, 1.54) is 0 Å². The first kappa shape index (κ1) is 58.3. The van der Waals surface area contributed by atoms with Crippen LogP contribution in [0.5, 0.6) is 11.5 Å². The number of ether oxygens (including phenoxy) is 3. The first-order valence-electron chi connectivity index (χ1n) is 22.8. The third-order valence-electron chi connectivity index (χ3n) is 11.4. The molecule has 17 nitrogen and oxygen atoms in total. The summed E-state index contributed by atoms with van der Waals surface area (Å²) in [6, 6.07) is 9.53. The van der Waals surface area contributed by atoms with Gasteiger partial charge >= 0.3 is 24.3 Å². The quantitative estimate of drug-likeness (QED) is 0.0506. The van der Waals surface area contributed by atoms with Crippen LogP contribution < -0.4 is 15.4 Å². The average Bonchev–Trinajstić information content (AvgIpc) is 3.82. The van der Waals surface area contributed by atoms with E-state index in [-0.39, 0.29) is 35.7 Å². The number of rotatable bonds is 18. The van der Waals surface area contributed by atoms with Crippen molar-refractivity contribution in [1.29, 1.82) is 0 Å². The van der Waals surface area contributed by atoms with Crippen molar-refractivity contribution in [2.45, 2.75) is 89.7 Å². The number of likely N-dealkylation sites (tertiary alicyclic amines) is 1. The van der Waals surface area contributed by atoms with Crippen molar-refractivity contribution in [1.82, 2.24) is 25.0 Å². The number of alkyl halides is 6. The van der Waals surface area contributed by atoms with E-state index in [1.54, 1.807) is 23.5 Å². The fraction of sp³-hybridized carbons (Fsp3) is 0.565. The number of carbonyl (C=O) groups is 5. The maximum Gasteiger partial charge on any atom is 0.490 e. The Labute approximate surface area is 415 Å². The van der Waals surface area contributed by atoms with E-state index >= 15 is 0 Å². The zero-order valence-electron chi connectivity index (χ0n) is 39.4. The van der Waals surface area contributed by atoms with E-state index in [0.717, 1.165) is 65.6 Å². The second-order valence-electron chi connectivity index (χ2n) is 17.0. The number of aromatic hydroxyl groups is 1. The number of piperidine rings is 1. The molecule has 25 heteroatoms. The standard InChI is InChI=1S/C42H57ClN6O7S.2C2HF3O2/c1-4-17-48(20-16-44-15-10-31-8-9-34(50)38-39(31)55-26-35(51)46-38)36(52)12-23-54-22-11-30-6-5-7-32(37(30)43)25-47-18-13-42(14-19-47)28-49(21-24-56-42)41(53)33-27-57-40(45-33)29(2)3;2*3-2(4,5)1(6)7/h5-9,27,29,44,50H,4,10-26,28H2,1-3H3,(H,46,51);2*(H,6,7). The van der Waals surface area contributed by atoms with Crippen molar-refractivity contribution in [2.75, 3.05) is 84.1 Å². The lowest BCUT2D eigenvalue weighted by atomic mass is 9.89. The highest BCUT2D eigenvalue weighted by atomic mass is 35.5. The Kier molecular flexibility index (Phi) is 22.1. The van der Waals surface area contributed by atoms with Gasteiger partial charge in [-0.25, -0.2) is 14.6 Å². The van der Waals surface area contributed by atoms with Gasteiger partial charge in [0.25, 0.3) is 11.8 Å². The molecule has 4 heterocycles. The van der Waals surface area contributed by atoms with Crippen molar-refractivity contribution < 1.29 is 79.8 Å². The van der Waals surface area contributed by atoms with Gasteiger partial charge in [0.05, 0.1) is 43.4 Å². The van der Waals surface area contributed by atoms with Gasteiger partial charge in [-0.15, -0.1) is 11.3 Å². The summed E-state index contributed by atoms with van der Waals surface area (Å²) in [6.07, 6.45) is -5.99. The van der Waals surface area contributed by atoms with Crippen LogP contribution in [0.3, 0.4) is 0 Å². The molecule has 3 amide bonds. The molecule has 0 unspecified atom stereocenters. The molecule has 1 spiro atoms. The third kappa shape index (κ3) is 18.1. The lowest BCUT2D eigenvalue weighted by Gasteiger charge is -2.47. The Hall–Kier alpha value is -5.27. The largest absolute Gasteiger partial charge is 0.506 e. The monoisotopic (exact) mass is 1050 g/mol. The van der Waals surface area contributed by atoms with Crippen LogP contribution in [0.4, 0.5) is 32.0 Å². The maximum absolute atomic E-state index is 13.3. The van der Waals surface area contributed by atoms with Crippen molar-refractivity contribution >= 4 is 58.3 Å². The number of aromatic nitrogens is 1.